The maximum absolute atomic E-state index is 10.6. The molecule has 1 atom stereocenters. The van der Waals surface area contributed by atoms with Crippen molar-refractivity contribution in [3.8, 4) is 5.75 Å². The number of hydrogen-bond acceptors (Lipinski definition) is 2. The quantitative estimate of drug-likeness (QED) is 0.716. The summed E-state index contributed by atoms with van der Waals surface area (Å²) >= 11 is 0. The van der Waals surface area contributed by atoms with Crippen LogP contribution in [0.3, 0.4) is 0 Å². The van der Waals surface area contributed by atoms with Gasteiger partial charge in [0.25, 0.3) is 0 Å². The minimum atomic E-state index is 0.543. The summed E-state index contributed by atoms with van der Waals surface area (Å²) in [6.07, 6.45) is 1.98. The molecule has 0 aromatic heterocycles. The van der Waals surface area contributed by atoms with Gasteiger partial charge in [0, 0.05) is 5.56 Å². The average molecular weight is 268 g/mol. The molecule has 0 aliphatic carbocycles. The van der Waals surface area contributed by atoms with E-state index in [1.165, 1.54) is 5.56 Å². The van der Waals surface area contributed by atoms with E-state index in [4.69, 9.17) is 4.74 Å². The Morgan fingerprint density at radius 1 is 1.05 bits per heavy atom. The highest BCUT2D eigenvalue weighted by Crippen LogP contribution is 2.19. The summed E-state index contributed by atoms with van der Waals surface area (Å²) in [5.41, 5.74) is 3.18. The molecule has 0 saturated heterocycles. The van der Waals surface area contributed by atoms with Gasteiger partial charge < -0.3 is 4.74 Å². The molecular weight excluding hydrogens is 248 g/mol. The zero-order chi connectivity index (χ0) is 14.4. The molecule has 0 bridgehead atoms. The molecule has 2 aromatic rings. The zero-order valence-electron chi connectivity index (χ0n) is 12.0. The third-order valence-corrected chi connectivity index (χ3v) is 3.58. The molecule has 2 aromatic carbocycles. The van der Waals surface area contributed by atoms with Crippen LogP contribution in [0.25, 0.3) is 0 Å². The monoisotopic (exact) mass is 268 g/mol. The molecule has 0 spiro atoms. The van der Waals surface area contributed by atoms with E-state index in [9.17, 15) is 4.79 Å². The average Bonchev–Trinajstić information content (AvgIpc) is 2.53. The molecule has 0 saturated carbocycles. The fourth-order valence-corrected chi connectivity index (χ4v) is 1.99. The van der Waals surface area contributed by atoms with Gasteiger partial charge in [-0.3, -0.25) is 4.79 Å². The minimum Gasteiger partial charge on any atom is -0.489 e. The van der Waals surface area contributed by atoms with Gasteiger partial charge in [0.2, 0.25) is 0 Å². The van der Waals surface area contributed by atoms with E-state index >= 15 is 0 Å². The van der Waals surface area contributed by atoms with E-state index in [0.29, 0.717) is 18.1 Å². The van der Waals surface area contributed by atoms with Crippen LogP contribution in [0.5, 0.6) is 5.75 Å². The summed E-state index contributed by atoms with van der Waals surface area (Å²) in [7, 11) is 0. The van der Waals surface area contributed by atoms with Gasteiger partial charge >= 0.3 is 0 Å². The van der Waals surface area contributed by atoms with E-state index < -0.39 is 0 Å². The first kappa shape index (κ1) is 14.3. The van der Waals surface area contributed by atoms with E-state index in [2.05, 4.69) is 38.1 Å². The first-order valence-corrected chi connectivity index (χ1v) is 6.99. The number of aldehydes is 1. The van der Waals surface area contributed by atoms with E-state index in [1.807, 2.05) is 12.1 Å². The number of ether oxygens (including phenoxy) is 1. The third-order valence-electron chi connectivity index (χ3n) is 3.58. The minimum absolute atomic E-state index is 0.543. The molecule has 0 heterocycles. The van der Waals surface area contributed by atoms with Crippen LogP contribution in [0.2, 0.25) is 0 Å². The fourth-order valence-electron chi connectivity index (χ4n) is 1.99. The zero-order valence-corrected chi connectivity index (χ0v) is 12.0. The summed E-state index contributed by atoms with van der Waals surface area (Å²) in [6, 6.07) is 15.7. The van der Waals surface area contributed by atoms with Crippen molar-refractivity contribution < 1.29 is 9.53 Å². The Bertz CT molecular complexity index is 541. The molecule has 0 aliphatic heterocycles. The topological polar surface area (TPSA) is 26.3 Å². The summed E-state index contributed by atoms with van der Waals surface area (Å²) in [4.78, 5) is 10.6. The third kappa shape index (κ3) is 3.70. The smallest absolute Gasteiger partial charge is 0.150 e. The molecule has 0 radical (unpaired) electrons. The highest BCUT2D eigenvalue weighted by molar-refractivity contribution is 5.74. The lowest BCUT2D eigenvalue weighted by molar-refractivity contribution is 0.112. The summed E-state index contributed by atoms with van der Waals surface area (Å²) in [6.45, 7) is 4.98. The Morgan fingerprint density at radius 2 is 1.70 bits per heavy atom. The van der Waals surface area contributed by atoms with Crippen molar-refractivity contribution in [2.45, 2.75) is 32.8 Å². The Hall–Kier alpha value is -2.09. The second-order valence-corrected chi connectivity index (χ2v) is 5.03. The largest absolute Gasteiger partial charge is 0.489 e. The van der Waals surface area contributed by atoms with Crippen LogP contribution in [0.1, 0.15) is 47.7 Å². The van der Waals surface area contributed by atoms with Crippen molar-refractivity contribution in [2.24, 2.45) is 0 Å². The van der Waals surface area contributed by atoms with Crippen LogP contribution >= 0.6 is 0 Å². The summed E-state index contributed by atoms with van der Waals surface area (Å²) in [5, 5.41) is 0. The van der Waals surface area contributed by atoms with Crippen LogP contribution in [-0.4, -0.2) is 6.29 Å². The van der Waals surface area contributed by atoms with Gasteiger partial charge in [-0.2, -0.15) is 0 Å². The van der Waals surface area contributed by atoms with Gasteiger partial charge in [-0.05, 0) is 47.7 Å². The standard InChI is InChI=1S/C18H20O2/c1-3-14(2)17-8-4-16(5-9-17)13-20-18-10-6-15(12-19)7-11-18/h4-12,14H,3,13H2,1-2H3. The lowest BCUT2D eigenvalue weighted by Crippen LogP contribution is -1.97. The van der Waals surface area contributed by atoms with Crippen molar-refractivity contribution >= 4 is 6.29 Å². The predicted molar refractivity (Wildman–Crippen MR) is 81.3 cm³/mol. The number of hydrogen-bond donors (Lipinski definition) is 0. The van der Waals surface area contributed by atoms with Crippen LogP contribution in [0.4, 0.5) is 0 Å². The normalized spacial score (nSPS) is 11.9. The maximum Gasteiger partial charge on any atom is 0.150 e. The number of carbonyl (C=O) groups is 1. The Balaban J connectivity index is 1.94. The van der Waals surface area contributed by atoms with E-state index in [-0.39, 0.29) is 0 Å². The van der Waals surface area contributed by atoms with Crippen molar-refractivity contribution in [1.82, 2.24) is 0 Å². The molecule has 20 heavy (non-hydrogen) atoms. The highest BCUT2D eigenvalue weighted by Gasteiger charge is 2.03. The second-order valence-electron chi connectivity index (χ2n) is 5.03. The molecule has 1 unspecified atom stereocenters. The Kier molecular flexibility index (Phi) is 4.94. The molecule has 104 valence electrons. The molecule has 0 amide bonds. The van der Waals surface area contributed by atoms with Crippen molar-refractivity contribution in [3.05, 3.63) is 65.2 Å². The molecule has 0 N–H and O–H groups in total. The van der Waals surface area contributed by atoms with E-state index in [1.54, 1.807) is 12.1 Å². The van der Waals surface area contributed by atoms with Gasteiger partial charge in [0.05, 0.1) is 0 Å². The van der Waals surface area contributed by atoms with Crippen molar-refractivity contribution in [1.29, 1.82) is 0 Å². The second kappa shape index (κ2) is 6.90. The van der Waals surface area contributed by atoms with Crippen LogP contribution < -0.4 is 4.74 Å². The predicted octanol–water partition coefficient (Wildman–Crippen LogP) is 4.59. The molecule has 0 aliphatic rings. The lowest BCUT2D eigenvalue weighted by atomic mass is 9.98. The Morgan fingerprint density at radius 3 is 2.25 bits per heavy atom. The SMILES string of the molecule is CCC(C)c1ccc(COc2ccc(C=O)cc2)cc1. The van der Waals surface area contributed by atoms with Crippen molar-refractivity contribution in [3.63, 3.8) is 0 Å². The molecule has 2 rings (SSSR count). The molecular formula is C18H20O2. The number of rotatable bonds is 6. The van der Waals surface area contributed by atoms with Crippen LogP contribution in [-0.2, 0) is 6.61 Å². The van der Waals surface area contributed by atoms with Gasteiger partial charge in [0.15, 0.2) is 0 Å². The van der Waals surface area contributed by atoms with Crippen LogP contribution in [0, 0.1) is 0 Å². The number of carbonyl (C=O) groups excluding carboxylic acids is 1. The molecule has 0 fully saturated rings. The van der Waals surface area contributed by atoms with Gasteiger partial charge in [-0.1, -0.05) is 38.1 Å². The fraction of sp³-hybridized carbons (Fsp3) is 0.278. The Labute approximate surface area is 120 Å². The first-order chi connectivity index (χ1) is 9.72. The molecule has 2 nitrogen and oxygen atoms in total. The van der Waals surface area contributed by atoms with Crippen molar-refractivity contribution in [2.75, 3.05) is 0 Å². The summed E-state index contributed by atoms with van der Waals surface area (Å²) < 4.78 is 5.70. The van der Waals surface area contributed by atoms with Gasteiger partial charge in [-0.25, -0.2) is 0 Å². The van der Waals surface area contributed by atoms with Gasteiger partial charge in [-0.15, -0.1) is 0 Å². The highest BCUT2D eigenvalue weighted by atomic mass is 16.5. The van der Waals surface area contributed by atoms with E-state index in [0.717, 1.165) is 24.0 Å². The first-order valence-electron chi connectivity index (χ1n) is 6.99. The number of benzene rings is 2. The maximum atomic E-state index is 10.6. The lowest BCUT2D eigenvalue weighted by Gasteiger charge is -2.10. The van der Waals surface area contributed by atoms with Gasteiger partial charge in [0.1, 0.15) is 18.6 Å². The summed E-state index contributed by atoms with van der Waals surface area (Å²) in [5.74, 6) is 1.38. The van der Waals surface area contributed by atoms with Crippen LogP contribution in [0.15, 0.2) is 48.5 Å². The molecule has 2 heteroatoms.